The molecular formula is C16H20N2O3. The van der Waals surface area contributed by atoms with Gasteiger partial charge in [-0.2, -0.15) is 0 Å². The first-order valence-electron chi connectivity index (χ1n) is 7.23. The highest BCUT2D eigenvalue weighted by Crippen LogP contribution is 2.52. The average Bonchev–Trinajstić information content (AvgIpc) is 2.91. The van der Waals surface area contributed by atoms with E-state index in [1.54, 1.807) is 24.3 Å². The van der Waals surface area contributed by atoms with E-state index in [-0.39, 0.29) is 23.5 Å². The number of primary amides is 1. The number of hydrogen-bond donors (Lipinski definition) is 2. The van der Waals surface area contributed by atoms with E-state index in [0.717, 1.165) is 13.0 Å². The third-order valence-corrected chi connectivity index (χ3v) is 4.82. The standard InChI is InChI=1S/C16H20N2O3/c1-16(2)12(11-7-8-21-13(11)16)18-15(20)10-5-3-9(4-6-10)14(17)19/h3-6,11-13H,7-8H2,1-2H3,(H2,17,19)(H,18,20). The summed E-state index contributed by atoms with van der Waals surface area (Å²) in [5, 5.41) is 3.11. The number of ether oxygens (including phenoxy) is 1. The molecule has 1 aromatic carbocycles. The van der Waals surface area contributed by atoms with Gasteiger partial charge in [-0.3, -0.25) is 9.59 Å². The van der Waals surface area contributed by atoms with Crippen LogP contribution in [0.2, 0.25) is 0 Å². The molecule has 3 atom stereocenters. The fourth-order valence-electron chi connectivity index (χ4n) is 3.63. The maximum atomic E-state index is 12.3. The molecule has 1 aromatic rings. The van der Waals surface area contributed by atoms with Crippen molar-refractivity contribution in [2.24, 2.45) is 17.1 Å². The Hall–Kier alpha value is -1.88. The van der Waals surface area contributed by atoms with E-state index in [1.165, 1.54) is 0 Å². The Morgan fingerprint density at radius 1 is 1.24 bits per heavy atom. The normalized spacial score (nSPS) is 29.3. The summed E-state index contributed by atoms with van der Waals surface area (Å²) in [6, 6.07) is 6.54. The lowest BCUT2D eigenvalue weighted by Crippen LogP contribution is -2.66. The van der Waals surface area contributed by atoms with E-state index in [2.05, 4.69) is 19.2 Å². The van der Waals surface area contributed by atoms with Crippen molar-refractivity contribution in [2.45, 2.75) is 32.4 Å². The summed E-state index contributed by atoms with van der Waals surface area (Å²) in [7, 11) is 0. The number of nitrogens with one attached hydrogen (secondary N) is 1. The zero-order valence-electron chi connectivity index (χ0n) is 12.3. The van der Waals surface area contributed by atoms with Crippen LogP contribution in [-0.2, 0) is 4.74 Å². The van der Waals surface area contributed by atoms with E-state index in [0.29, 0.717) is 17.0 Å². The Labute approximate surface area is 123 Å². The van der Waals surface area contributed by atoms with Gasteiger partial charge in [-0.15, -0.1) is 0 Å². The number of hydrogen-bond acceptors (Lipinski definition) is 3. The monoisotopic (exact) mass is 288 g/mol. The molecule has 2 aliphatic rings. The Balaban J connectivity index is 1.70. The van der Waals surface area contributed by atoms with Crippen LogP contribution in [0.5, 0.6) is 0 Å². The van der Waals surface area contributed by atoms with Crippen LogP contribution in [0.1, 0.15) is 41.0 Å². The molecule has 5 heteroatoms. The second kappa shape index (κ2) is 4.84. The summed E-state index contributed by atoms with van der Waals surface area (Å²) in [6.07, 6.45) is 1.25. The van der Waals surface area contributed by atoms with Gasteiger partial charge in [-0.05, 0) is 30.7 Å². The SMILES string of the molecule is CC1(C)C(NC(=O)c2ccc(C(N)=O)cc2)C2CCOC21. The molecule has 3 unspecified atom stereocenters. The molecule has 3 rings (SSSR count). The van der Waals surface area contributed by atoms with Crippen LogP contribution < -0.4 is 11.1 Å². The molecule has 1 aliphatic carbocycles. The lowest BCUT2D eigenvalue weighted by Gasteiger charge is -2.54. The van der Waals surface area contributed by atoms with Crippen LogP contribution in [0, 0.1) is 11.3 Å². The molecular weight excluding hydrogens is 268 g/mol. The smallest absolute Gasteiger partial charge is 0.251 e. The van der Waals surface area contributed by atoms with E-state index in [9.17, 15) is 9.59 Å². The number of nitrogens with two attached hydrogens (primary N) is 1. The molecule has 21 heavy (non-hydrogen) atoms. The predicted octanol–water partition coefficient (Wildman–Crippen LogP) is 1.33. The van der Waals surface area contributed by atoms with Crippen LogP contribution in [0.25, 0.3) is 0 Å². The summed E-state index contributed by atoms with van der Waals surface area (Å²) in [5.74, 6) is -0.198. The van der Waals surface area contributed by atoms with Crippen molar-refractivity contribution in [1.29, 1.82) is 0 Å². The van der Waals surface area contributed by atoms with Gasteiger partial charge >= 0.3 is 0 Å². The summed E-state index contributed by atoms with van der Waals surface area (Å²) in [6.45, 7) is 5.03. The maximum Gasteiger partial charge on any atom is 0.251 e. The van der Waals surface area contributed by atoms with Gasteiger partial charge in [0.25, 0.3) is 5.91 Å². The van der Waals surface area contributed by atoms with E-state index in [1.807, 2.05) is 0 Å². The van der Waals surface area contributed by atoms with Crippen LogP contribution in [0.3, 0.4) is 0 Å². The van der Waals surface area contributed by atoms with Gasteiger partial charge in [0.2, 0.25) is 5.91 Å². The molecule has 3 N–H and O–H groups in total. The third kappa shape index (κ3) is 2.21. The van der Waals surface area contributed by atoms with E-state index < -0.39 is 5.91 Å². The summed E-state index contributed by atoms with van der Waals surface area (Å²) in [4.78, 5) is 23.4. The van der Waals surface area contributed by atoms with E-state index >= 15 is 0 Å². The fraction of sp³-hybridized carbons (Fsp3) is 0.500. The average molecular weight is 288 g/mol. The van der Waals surface area contributed by atoms with Crippen LogP contribution in [0.15, 0.2) is 24.3 Å². The van der Waals surface area contributed by atoms with Gasteiger partial charge < -0.3 is 15.8 Å². The maximum absolute atomic E-state index is 12.3. The van der Waals surface area contributed by atoms with Crippen molar-refractivity contribution in [3.8, 4) is 0 Å². The van der Waals surface area contributed by atoms with E-state index in [4.69, 9.17) is 10.5 Å². The zero-order valence-corrected chi connectivity index (χ0v) is 12.3. The first-order chi connectivity index (χ1) is 9.91. The summed E-state index contributed by atoms with van der Waals surface area (Å²) >= 11 is 0. The van der Waals surface area contributed by atoms with Gasteiger partial charge in [-0.1, -0.05) is 13.8 Å². The molecule has 1 saturated carbocycles. The van der Waals surface area contributed by atoms with Crippen LogP contribution in [0.4, 0.5) is 0 Å². The Kier molecular flexibility index (Phi) is 3.24. The first kappa shape index (κ1) is 14.1. The fourth-order valence-corrected chi connectivity index (χ4v) is 3.63. The third-order valence-electron chi connectivity index (χ3n) is 4.82. The number of rotatable bonds is 3. The Morgan fingerprint density at radius 2 is 1.86 bits per heavy atom. The molecule has 2 amide bonds. The minimum Gasteiger partial charge on any atom is -0.377 e. The number of fused-ring (bicyclic) bond motifs is 1. The second-order valence-corrected chi connectivity index (χ2v) is 6.46. The highest BCUT2D eigenvalue weighted by Gasteiger charge is 2.59. The molecule has 0 aromatic heterocycles. The molecule has 0 spiro atoms. The predicted molar refractivity (Wildman–Crippen MR) is 77.8 cm³/mol. The number of amides is 2. The van der Waals surface area contributed by atoms with Crippen molar-refractivity contribution in [1.82, 2.24) is 5.32 Å². The molecule has 2 fully saturated rings. The summed E-state index contributed by atoms with van der Waals surface area (Å²) < 4.78 is 5.72. The topological polar surface area (TPSA) is 81.4 Å². The Morgan fingerprint density at radius 3 is 2.48 bits per heavy atom. The highest BCUT2D eigenvalue weighted by molar-refractivity contribution is 5.97. The number of benzene rings is 1. The minimum atomic E-state index is -0.493. The number of carbonyl (C=O) groups excluding carboxylic acids is 2. The first-order valence-corrected chi connectivity index (χ1v) is 7.23. The van der Waals surface area contributed by atoms with Crippen LogP contribution in [-0.4, -0.2) is 30.6 Å². The molecule has 112 valence electrons. The van der Waals surface area contributed by atoms with Crippen molar-refractivity contribution in [3.63, 3.8) is 0 Å². The van der Waals surface area contributed by atoms with Gasteiger partial charge in [0.1, 0.15) is 0 Å². The van der Waals surface area contributed by atoms with Gasteiger partial charge in [-0.25, -0.2) is 0 Å². The summed E-state index contributed by atoms with van der Waals surface area (Å²) in [5.41, 5.74) is 6.10. The lowest BCUT2D eigenvalue weighted by atomic mass is 9.57. The molecule has 0 radical (unpaired) electrons. The minimum absolute atomic E-state index is 0.0377. The number of carbonyl (C=O) groups is 2. The zero-order chi connectivity index (χ0) is 15.2. The van der Waals surface area contributed by atoms with Crippen molar-refractivity contribution >= 4 is 11.8 Å². The highest BCUT2D eigenvalue weighted by atomic mass is 16.5. The van der Waals surface area contributed by atoms with Gasteiger partial charge in [0.05, 0.1) is 6.10 Å². The Bertz CT molecular complexity index is 580. The van der Waals surface area contributed by atoms with Crippen molar-refractivity contribution in [3.05, 3.63) is 35.4 Å². The second-order valence-electron chi connectivity index (χ2n) is 6.46. The molecule has 5 nitrogen and oxygen atoms in total. The quantitative estimate of drug-likeness (QED) is 0.880. The van der Waals surface area contributed by atoms with Crippen molar-refractivity contribution < 1.29 is 14.3 Å². The lowest BCUT2D eigenvalue weighted by molar-refractivity contribution is -0.108. The van der Waals surface area contributed by atoms with Gasteiger partial charge in [0, 0.05) is 35.1 Å². The van der Waals surface area contributed by atoms with Crippen LogP contribution >= 0.6 is 0 Å². The largest absolute Gasteiger partial charge is 0.377 e. The molecule has 1 aliphatic heterocycles. The molecule has 0 bridgehead atoms. The van der Waals surface area contributed by atoms with Crippen molar-refractivity contribution in [2.75, 3.05) is 6.61 Å². The molecule has 1 heterocycles. The van der Waals surface area contributed by atoms with Gasteiger partial charge in [0.15, 0.2) is 0 Å². The molecule has 1 saturated heterocycles.